The highest BCUT2D eigenvalue weighted by molar-refractivity contribution is 5.96. The fourth-order valence-corrected chi connectivity index (χ4v) is 3.07. The van der Waals surface area contributed by atoms with Crippen LogP contribution in [0.25, 0.3) is 0 Å². The molecule has 0 saturated carbocycles. The van der Waals surface area contributed by atoms with Gasteiger partial charge in [0.2, 0.25) is 11.8 Å². The van der Waals surface area contributed by atoms with Crippen LogP contribution in [0.2, 0.25) is 0 Å². The Hall–Kier alpha value is -2.15. The van der Waals surface area contributed by atoms with Crippen molar-refractivity contribution in [3.63, 3.8) is 0 Å². The molecule has 2 amide bonds. The van der Waals surface area contributed by atoms with Gasteiger partial charge in [-0.1, -0.05) is 0 Å². The van der Waals surface area contributed by atoms with Gasteiger partial charge in [-0.25, -0.2) is 4.98 Å². The molecule has 0 bridgehead atoms. The summed E-state index contributed by atoms with van der Waals surface area (Å²) in [7, 11) is 3.59. The van der Waals surface area contributed by atoms with E-state index in [1.54, 1.807) is 37.3 Å². The highest BCUT2D eigenvalue weighted by Crippen LogP contribution is 2.19. The molecule has 138 valence electrons. The summed E-state index contributed by atoms with van der Waals surface area (Å²) < 4.78 is 5.39. The molecule has 25 heavy (non-hydrogen) atoms. The van der Waals surface area contributed by atoms with E-state index < -0.39 is 0 Å². The van der Waals surface area contributed by atoms with Gasteiger partial charge >= 0.3 is 0 Å². The van der Waals surface area contributed by atoms with Crippen LogP contribution >= 0.6 is 0 Å². The molecule has 1 atom stereocenters. The minimum atomic E-state index is -0.182. The van der Waals surface area contributed by atoms with E-state index in [2.05, 4.69) is 15.2 Å². The smallest absolute Gasteiger partial charge is 0.256 e. The van der Waals surface area contributed by atoms with Gasteiger partial charge in [-0.15, -0.1) is 0 Å². The van der Waals surface area contributed by atoms with E-state index >= 15 is 0 Å². The molecule has 1 aromatic rings. The molecule has 1 saturated heterocycles. The summed E-state index contributed by atoms with van der Waals surface area (Å²) in [5, 5.41) is 2.91. The molecular weight excluding hydrogens is 320 g/mol. The van der Waals surface area contributed by atoms with Crippen LogP contribution in [0.15, 0.2) is 18.3 Å². The van der Waals surface area contributed by atoms with Crippen molar-refractivity contribution >= 4 is 11.8 Å². The number of likely N-dealkylation sites (tertiary alicyclic amines) is 1. The number of rotatable bonds is 8. The molecule has 2 rings (SSSR count). The molecule has 7 nitrogen and oxygen atoms in total. The summed E-state index contributed by atoms with van der Waals surface area (Å²) in [5.74, 6) is 0.343. The first-order valence-electron chi connectivity index (χ1n) is 8.85. The Kier molecular flexibility index (Phi) is 7.18. The SMILES string of the molecule is CCOc1ncccc1C(=O)NCCCN1CCC[C@@H]1C(=O)N(C)C. The van der Waals surface area contributed by atoms with Gasteiger partial charge in [-0.3, -0.25) is 14.5 Å². The molecule has 1 aliphatic heterocycles. The van der Waals surface area contributed by atoms with E-state index in [4.69, 9.17) is 4.74 Å². The van der Waals surface area contributed by atoms with E-state index in [0.717, 1.165) is 32.4 Å². The minimum Gasteiger partial charge on any atom is -0.477 e. The third-order valence-corrected chi connectivity index (χ3v) is 4.29. The Morgan fingerprint density at radius 2 is 2.24 bits per heavy atom. The molecule has 0 aliphatic carbocycles. The number of amides is 2. The maximum Gasteiger partial charge on any atom is 0.256 e. The third kappa shape index (κ3) is 5.16. The van der Waals surface area contributed by atoms with Crippen LogP contribution < -0.4 is 10.1 Å². The van der Waals surface area contributed by atoms with Crippen LogP contribution in [0.5, 0.6) is 5.88 Å². The Bertz CT molecular complexity index is 591. The summed E-state index contributed by atoms with van der Waals surface area (Å²) in [5.41, 5.74) is 0.450. The number of ether oxygens (including phenoxy) is 1. The van der Waals surface area contributed by atoms with Crippen molar-refractivity contribution in [1.82, 2.24) is 20.1 Å². The lowest BCUT2D eigenvalue weighted by atomic mass is 10.2. The lowest BCUT2D eigenvalue weighted by Crippen LogP contribution is -2.43. The van der Waals surface area contributed by atoms with Crippen molar-refractivity contribution < 1.29 is 14.3 Å². The zero-order valence-electron chi connectivity index (χ0n) is 15.3. The largest absolute Gasteiger partial charge is 0.477 e. The van der Waals surface area contributed by atoms with Crippen molar-refractivity contribution in [3.05, 3.63) is 23.9 Å². The number of hydrogen-bond acceptors (Lipinski definition) is 5. The van der Waals surface area contributed by atoms with Gasteiger partial charge in [-0.05, 0) is 44.9 Å². The van der Waals surface area contributed by atoms with E-state index in [9.17, 15) is 9.59 Å². The third-order valence-electron chi connectivity index (χ3n) is 4.29. The van der Waals surface area contributed by atoms with Gasteiger partial charge in [0, 0.05) is 33.4 Å². The number of carbonyl (C=O) groups excluding carboxylic acids is 2. The zero-order chi connectivity index (χ0) is 18.2. The summed E-state index contributed by atoms with van der Waals surface area (Å²) in [4.78, 5) is 32.4. The molecule has 0 unspecified atom stereocenters. The van der Waals surface area contributed by atoms with Crippen LogP contribution in [0, 0.1) is 0 Å². The quantitative estimate of drug-likeness (QED) is 0.714. The molecule has 0 aromatic carbocycles. The van der Waals surface area contributed by atoms with E-state index in [1.165, 1.54) is 0 Å². The Morgan fingerprint density at radius 3 is 2.96 bits per heavy atom. The number of hydrogen-bond donors (Lipinski definition) is 1. The highest BCUT2D eigenvalue weighted by Gasteiger charge is 2.31. The standard InChI is InChI=1S/C18H28N4O3/c1-4-25-17-14(8-5-10-20-17)16(23)19-11-7-13-22-12-6-9-15(22)18(24)21(2)3/h5,8,10,15H,4,6-7,9,11-13H2,1-3H3,(H,19,23)/t15-/m1/s1. The molecule has 2 heterocycles. The Morgan fingerprint density at radius 1 is 1.44 bits per heavy atom. The zero-order valence-corrected chi connectivity index (χ0v) is 15.3. The van der Waals surface area contributed by atoms with E-state index in [-0.39, 0.29) is 17.9 Å². The summed E-state index contributed by atoms with van der Waals surface area (Å²) >= 11 is 0. The first kappa shape index (κ1) is 19.2. The summed E-state index contributed by atoms with van der Waals surface area (Å²) in [6.45, 7) is 4.62. The Balaban J connectivity index is 1.79. The predicted octanol–water partition coefficient (Wildman–Crippen LogP) is 1.15. The maximum atomic E-state index is 12.3. The molecular formula is C18H28N4O3. The molecule has 1 N–H and O–H groups in total. The van der Waals surface area contributed by atoms with Gasteiger partial charge in [0.1, 0.15) is 5.56 Å². The monoisotopic (exact) mass is 348 g/mol. The first-order valence-corrected chi connectivity index (χ1v) is 8.85. The van der Waals surface area contributed by atoms with Gasteiger partial charge < -0.3 is 15.0 Å². The normalized spacial score (nSPS) is 17.3. The summed E-state index contributed by atoms with van der Waals surface area (Å²) in [6, 6.07) is 3.41. The topological polar surface area (TPSA) is 74.8 Å². The lowest BCUT2D eigenvalue weighted by Gasteiger charge is -2.26. The lowest BCUT2D eigenvalue weighted by molar-refractivity contribution is -0.133. The number of nitrogens with zero attached hydrogens (tertiary/aromatic N) is 3. The number of pyridine rings is 1. The van der Waals surface area contributed by atoms with Crippen molar-refractivity contribution in [2.24, 2.45) is 0 Å². The molecule has 0 radical (unpaired) electrons. The second-order valence-electron chi connectivity index (χ2n) is 6.33. The second kappa shape index (κ2) is 9.36. The van der Waals surface area contributed by atoms with E-state index in [1.807, 2.05) is 6.92 Å². The van der Waals surface area contributed by atoms with Gasteiger partial charge in [0.05, 0.1) is 12.6 Å². The number of likely N-dealkylation sites (N-methyl/N-ethyl adjacent to an activating group) is 1. The van der Waals surface area contributed by atoms with E-state index in [0.29, 0.717) is 24.6 Å². The van der Waals surface area contributed by atoms with Gasteiger partial charge in [0.15, 0.2) is 0 Å². The summed E-state index contributed by atoms with van der Waals surface area (Å²) in [6.07, 6.45) is 4.37. The maximum absolute atomic E-state index is 12.3. The molecule has 7 heteroatoms. The molecule has 1 aliphatic rings. The van der Waals surface area contributed by atoms with Crippen LogP contribution in [0.3, 0.4) is 0 Å². The van der Waals surface area contributed by atoms with Crippen molar-refractivity contribution in [3.8, 4) is 5.88 Å². The van der Waals surface area contributed by atoms with Crippen LogP contribution in [0.4, 0.5) is 0 Å². The fraction of sp³-hybridized carbons (Fsp3) is 0.611. The molecule has 0 spiro atoms. The highest BCUT2D eigenvalue weighted by atomic mass is 16.5. The fourth-order valence-electron chi connectivity index (χ4n) is 3.07. The van der Waals surface area contributed by atoms with Gasteiger partial charge in [0.25, 0.3) is 5.91 Å². The van der Waals surface area contributed by atoms with Gasteiger partial charge in [-0.2, -0.15) is 0 Å². The van der Waals surface area contributed by atoms with Crippen LogP contribution in [-0.4, -0.2) is 73.0 Å². The van der Waals surface area contributed by atoms with Crippen LogP contribution in [0.1, 0.15) is 36.5 Å². The average Bonchev–Trinajstić information content (AvgIpc) is 3.07. The number of aromatic nitrogens is 1. The predicted molar refractivity (Wildman–Crippen MR) is 95.6 cm³/mol. The molecule has 1 fully saturated rings. The van der Waals surface area contributed by atoms with Crippen molar-refractivity contribution in [1.29, 1.82) is 0 Å². The first-order chi connectivity index (χ1) is 12.0. The number of nitrogens with one attached hydrogen (secondary N) is 1. The minimum absolute atomic E-state index is 0.0198. The second-order valence-corrected chi connectivity index (χ2v) is 6.33. The van der Waals surface area contributed by atoms with Crippen molar-refractivity contribution in [2.75, 3.05) is 40.3 Å². The average molecular weight is 348 g/mol. The van der Waals surface area contributed by atoms with Crippen LogP contribution in [-0.2, 0) is 4.79 Å². The van der Waals surface area contributed by atoms with Crippen molar-refractivity contribution in [2.45, 2.75) is 32.2 Å². The number of carbonyl (C=O) groups is 2. The molecule has 1 aromatic heterocycles. The Labute approximate surface area is 149 Å².